The van der Waals surface area contributed by atoms with Gasteiger partial charge in [-0.25, -0.2) is 0 Å². The van der Waals surface area contributed by atoms with Gasteiger partial charge in [0.05, 0.1) is 12.2 Å². The Bertz CT molecular complexity index is 1120. The number of likely N-dealkylation sites (tertiary alicyclic amines) is 1. The second-order valence-corrected chi connectivity index (χ2v) is 10.8. The number of nitrogens with zero attached hydrogens (tertiary/aromatic N) is 1. The Morgan fingerprint density at radius 2 is 1.77 bits per heavy atom. The molecule has 0 bridgehead atoms. The summed E-state index contributed by atoms with van der Waals surface area (Å²) >= 11 is 0. The topological polar surface area (TPSA) is 120 Å². The monoisotopic (exact) mass is 554 g/mol. The van der Waals surface area contributed by atoms with E-state index in [1.807, 2.05) is 63.2 Å². The number of carbonyl (C=O) groups is 3. The normalized spacial score (nSPS) is 17.6. The van der Waals surface area contributed by atoms with Crippen LogP contribution in [0.15, 0.2) is 42.5 Å². The van der Waals surface area contributed by atoms with E-state index in [0.29, 0.717) is 26.1 Å². The smallest absolute Gasteiger partial charge is 0.243 e. The highest BCUT2D eigenvalue weighted by Gasteiger charge is 2.37. The standard InChI is InChI=1S/C31H46N4O5/c1-5-23(6-2)31(39)35-15-9-12-28(35)30(38)34-27(17-22-13-14-24-10-7-8-11-25(24)16-22)29(37)33-20-26(36)19-32-18-21(3)40-4/h7-8,10-11,13-14,16,21,23,26-28,32,36H,5-6,9,12,15,17-20H2,1-4H3,(H,33,37)(H,34,38). The molecule has 0 radical (unpaired) electrons. The van der Waals surface area contributed by atoms with E-state index in [4.69, 9.17) is 4.74 Å². The van der Waals surface area contributed by atoms with Gasteiger partial charge < -0.3 is 30.7 Å². The minimum atomic E-state index is -0.854. The predicted octanol–water partition coefficient (Wildman–Crippen LogP) is 2.40. The van der Waals surface area contributed by atoms with E-state index in [9.17, 15) is 19.5 Å². The lowest BCUT2D eigenvalue weighted by atomic mass is 10.00. The van der Waals surface area contributed by atoms with E-state index in [2.05, 4.69) is 16.0 Å². The third kappa shape index (κ3) is 8.74. The summed E-state index contributed by atoms with van der Waals surface area (Å²) in [7, 11) is 1.62. The number of aliphatic hydroxyl groups is 1. The lowest BCUT2D eigenvalue weighted by Gasteiger charge is -2.29. The van der Waals surface area contributed by atoms with Crippen LogP contribution in [0.5, 0.6) is 0 Å². The van der Waals surface area contributed by atoms with Gasteiger partial charge in [0.25, 0.3) is 0 Å². The summed E-state index contributed by atoms with van der Waals surface area (Å²) in [5.41, 5.74) is 0.909. The zero-order valence-corrected chi connectivity index (χ0v) is 24.3. The number of amides is 3. The Kier molecular flexibility index (Phi) is 12.4. The third-order valence-electron chi connectivity index (χ3n) is 7.79. The van der Waals surface area contributed by atoms with Crippen molar-refractivity contribution in [2.45, 2.75) is 77.2 Å². The van der Waals surface area contributed by atoms with Gasteiger partial charge in [0, 0.05) is 45.6 Å². The Morgan fingerprint density at radius 3 is 2.48 bits per heavy atom. The number of ether oxygens (including phenoxy) is 1. The maximum Gasteiger partial charge on any atom is 0.243 e. The lowest BCUT2D eigenvalue weighted by molar-refractivity contribution is -0.142. The van der Waals surface area contributed by atoms with Crippen molar-refractivity contribution in [2.24, 2.45) is 5.92 Å². The number of aliphatic hydroxyl groups excluding tert-OH is 1. The minimum Gasteiger partial charge on any atom is -0.390 e. The highest BCUT2D eigenvalue weighted by molar-refractivity contribution is 5.93. The summed E-state index contributed by atoms with van der Waals surface area (Å²) in [6, 6.07) is 12.5. The van der Waals surface area contributed by atoms with Crippen LogP contribution >= 0.6 is 0 Å². The van der Waals surface area contributed by atoms with E-state index in [1.54, 1.807) is 12.0 Å². The first-order valence-electron chi connectivity index (χ1n) is 14.5. The zero-order chi connectivity index (χ0) is 29.1. The van der Waals surface area contributed by atoms with Gasteiger partial charge in [0.2, 0.25) is 17.7 Å². The molecule has 1 aliphatic rings. The van der Waals surface area contributed by atoms with Crippen molar-refractivity contribution in [1.82, 2.24) is 20.9 Å². The number of fused-ring (bicyclic) bond motifs is 1. The molecule has 0 aromatic heterocycles. The molecule has 4 atom stereocenters. The van der Waals surface area contributed by atoms with E-state index in [1.165, 1.54) is 0 Å². The molecular weight excluding hydrogens is 508 g/mol. The van der Waals surface area contributed by atoms with Gasteiger partial charge in [-0.2, -0.15) is 0 Å². The van der Waals surface area contributed by atoms with Gasteiger partial charge >= 0.3 is 0 Å². The van der Waals surface area contributed by atoms with Crippen LogP contribution in [0.2, 0.25) is 0 Å². The van der Waals surface area contributed by atoms with E-state index < -0.39 is 18.2 Å². The molecule has 1 aliphatic heterocycles. The maximum atomic E-state index is 13.5. The second kappa shape index (κ2) is 15.7. The van der Waals surface area contributed by atoms with Crippen LogP contribution in [0.3, 0.4) is 0 Å². The zero-order valence-electron chi connectivity index (χ0n) is 24.3. The fraction of sp³-hybridized carbons (Fsp3) is 0.581. The van der Waals surface area contributed by atoms with Crippen molar-refractivity contribution in [3.8, 4) is 0 Å². The van der Waals surface area contributed by atoms with Gasteiger partial charge in [-0.15, -0.1) is 0 Å². The van der Waals surface area contributed by atoms with Crippen LogP contribution in [-0.4, -0.2) is 85.3 Å². The molecule has 0 aliphatic carbocycles. The molecule has 4 N–H and O–H groups in total. The van der Waals surface area contributed by atoms with Gasteiger partial charge in [-0.05, 0) is 48.9 Å². The summed E-state index contributed by atoms with van der Waals surface area (Å²) < 4.78 is 5.19. The molecule has 1 heterocycles. The van der Waals surface area contributed by atoms with Gasteiger partial charge in [-0.1, -0.05) is 56.3 Å². The molecular formula is C31H46N4O5. The largest absolute Gasteiger partial charge is 0.390 e. The lowest BCUT2D eigenvalue weighted by Crippen LogP contribution is -2.55. The molecule has 1 saturated heterocycles. The van der Waals surface area contributed by atoms with Crippen LogP contribution < -0.4 is 16.0 Å². The van der Waals surface area contributed by atoms with Gasteiger partial charge in [0.15, 0.2) is 0 Å². The van der Waals surface area contributed by atoms with Crippen molar-refractivity contribution in [3.63, 3.8) is 0 Å². The Morgan fingerprint density at radius 1 is 1.05 bits per heavy atom. The van der Waals surface area contributed by atoms with Crippen molar-refractivity contribution >= 4 is 28.5 Å². The second-order valence-electron chi connectivity index (χ2n) is 10.8. The number of hydrogen-bond donors (Lipinski definition) is 4. The first-order valence-corrected chi connectivity index (χ1v) is 14.5. The fourth-order valence-electron chi connectivity index (χ4n) is 5.20. The average molecular weight is 555 g/mol. The van der Waals surface area contributed by atoms with Gasteiger partial charge in [-0.3, -0.25) is 14.4 Å². The third-order valence-corrected chi connectivity index (χ3v) is 7.79. The van der Waals surface area contributed by atoms with Crippen molar-refractivity contribution < 1.29 is 24.2 Å². The molecule has 0 saturated carbocycles. The quantitative estimate of drug-likeness (QED) is 0.268. The summed E-state index contributed by atoms with van der Waals surface area (Å²) in [5, 5.41) is 21.4. The van der Waals surface area contributed by atoms with Crippen LogP contribution in [0.25, 0.3) is 10.8 Å². The summed E-state index contributed by atoms with van der Waals surface area (Å²) in [6.07, 6.45) is 2.29. The molecule has 220 valence electrons. The number of benzene rings is 2. The SMILES string of the molecule is CCC(CC)C(=O)N1CCCC1C(=O)NC(Cc1ccc2ccccc2c1)C(=O)NCC(O)CNCC(C)OC. The fourth-order valence-corrected chi connectivity index (χ4v) is 5.20. The maximum absolute atomic E-state index is 13.5. The molecule has 40 heavy (non-hydrogen) atoms. The summed E-state index contributed by atoms with van der Waals surface area (Å²) in [6.45, 7) is 7.37. The number of carbonyl (C=O) groups excluding carboxylic acids is 3. The first kappa shape index (κ1) is 31.5. The highest BCUT2D eigenvalue weighted by Crippen LogP contribution is 2.23. The van der Waals surface area contributed by atoms with Crippen molar-refractivity contribution in [1.29, 1.82) is 0 Å². The molecule has 4 unspecified atom stereocenters. The van der Waals surface area contributed by atoms with E-state index >= 15 is 0 Å². The molecule has 2 aromatic rings. The molecule has 0 spiro atoms. The van der Waals surface area contributed by atoms with Crippen LogP contribution in [-0.2, 0) is 25.5 Å². The Balaban J connectivity index is 1.71. The molecule has 9 nitrogen and oxygen atoms in total. The summed E-state index contributed by atoms with van der Waals surface area (Å²) in [4.78, 5) is 41.6. The van der Waals surface area contributed by atoms with E-state index in [-0.39, 0.29) is 42.7 Å². The Labute approximate surface area is 238 Å². The number of hydrogen-bond acceptors (Lipinski definition) is 6. The highest BCUT2D eigenvalue weighted by atomic mass is 16.5. The predicted molar refractivity (Wildman–Crippen MR) is 157 cm³/mol. The number of rotatable bonds is 15. The van der Waals surface area contributed by atoms with Crippen LogP contribution in [0.4, 0.5) is 0 Å². The number of nitrogens with one attached hydrogen (secondary N) is 3. The Hall–Kier alpha value is -3.01. The molecule has 9 heteroatoms. The van der Waals surface area contributed by atoms with Crippen LogP contribution in [0.1, 0.15) is 52.0 Å². The molecule has 2 aromatic carbocycles. The summed E-state index contributed by atoms with van der Waals surface area (Å²) in [5.74, 6) is -0.779. The van der Waals surface area contributed by atoms with Crippen molar-refractivity contribution in [3.05, 3.63) is 48.0 Å². The number of methoxy groups -OCH3 is 1. The molecule has 3 rings (SSSR count). The van der Waals surface area contributed by atoms with Crippen LogP contribution in [0, 0.1) is 5.92 Å². The van der Waals surface area contributed by atoms with E-state index in [0.717, 1.165) is 35.6 Å². The first-order chi connectivity index (χ1) is 19.3. The minimum absolute atomic E-state index is 0.00954. The molecule has 3 amide bonds. The molecule has 1 fully saturated rings. The average Bonchev–Trinajstić information content (AvgIpc) is 3.46. The van der Waals surface area contributed by atoms with Crippen molar-refractivity contribution in [2.75, 3.05) is 33.3 Å². The van der Waals surface area contributed by atoms with Gasteiger partial charge in [0.1, 0.15) is 12.1 Å².